The van der Waals surface area contributed by atoms with Crippen molar-refractivity contribution in [2.45, 2.75) is 19.8 Å². The van der Waals surface area contributed by atoms with Gasteiger partial charge in [0, 0.05) is 30.9 Å². The van der Waals surface area contributed by atoms with E-state index in [0.29, 0.717) is 23.7 Å². The summed E-state index contributed by atoms with van der Waals surface area (Å²) < 4.78 is 0. The summed E-state index contributed by atoms with van der Waals surface area (Å²) in [4.78, 5) is 33.7. The third kappa shape index (κ3) is 5.44. The molecule has 10 heteroatoms. The molecule has 1 aromatic heterocycles. The molecule has 1 saturated heterocycles. The molecule has 0 bridgehead atoms. The lowest BCUT2D eigenvalue weighted by Gasteiger charge is -2.30. The molecular formula is C24H25ClN6O3. The summed E-state index contributed by atoms with van der Waals surface area (Å²) in [6.07, 6.45) is 5.13. The average molecular weight is 481 g/mol. The zero-order chi connectivity index (χ0) is 24.1. The quantitative estimate of drug-likeness (QED) is 0.462. The molecule has 3 N–H and O–H groups in total. The first-order valence-corrected chi connectivity index (χ1v) is 11.4. The topological polar surface area (TPSA) is 111 Å². The van der Waals surface area contributed by atoms with Gasteiger partial charge < -0.3 is 15.7 Å². The third-order valence-electron chi connectivity index (χ3n) is 5.45. The van der Waals surface area contributed by atoms with Gasteiger partial charge in [-0.3, -0.25) is 14.6 Å². The molecule has 0 spiro atoms. The number of nitrogens with zero attached hydrogens (tertiary/aromatic N) is 4. The first-order valence-electron chi connectivity index (χ1n) is 11.0. The number of carbonyl (C=O) groups is 2. The van der Waals surface area contributed by atoms with Crippen LogP contribution >= 0.6 is 11.6 Å². The van der Waals surface area contributed by atoms with Crippen LogP contribution in [0.15, 0.2) is 54.9 Å². The third-order valence-corrected chi connectivity index (χ3v) is 5.78. The number of aromatic nitrogens is 2. The molecule has 0 unspecified atom stereocenters. The van der Waals surface area contributed by atoms with Gasteiger partial charge in [-0.1, -0.05) is 11.6 Å². The van der Waals surface area contributed by atoms with Crippen molar-refractivity contribution in [3.05, 3.63) is 71.0 Å². The number of phenolic OH excluding ortho intramolecular Hbond substituents is 1. The van der Waals surface area contributed by atoms with Gasteiger partial charge in [0.25, 0.3) is 11.8 Å². The molecule has 1 fully saturated rings. The molecule has 2 amide bonds. The Labute approximate surface area is 202 Å². The van der Waals surface area contributed by atoms with Crippen LogP contribution < -0.4 is 10.6 Å². The van der Waals surface area contributed by atoms with E-state index in [1.807, 2.05) is 6.92 Å². The van der Waals surface area contributed by atoms with Crippen LogP contribution in [-0.2, 0) is 0 Å². The Morgan fingerprint density at radius 1 is 1.06 bits per heavy atom. The Morgan fingerprint density at radius 2 is 1.74 bits per heavy atom. The Balaban J connectivity index is 1.37. The van der Waals surface area contributed by atoms with Gasteiger partial charge in [0.2, 0.25) is 5.95 Å². The number of anilines is 3. The van der Waals surface area contributed by atoms with Crippen LogP contribution in [0.1, 0.15) is 40.5 Å². The number of nitrogens with one attached hydrogen (secondary N) is 2. The SMILES string of the molecule is CCN(C(=O)c1ccc(Nc2ncc(NC(=O)c3cc(O)ccc3Cl)cn2)cc1)N1CCCC1. The molecule has 9 nitrogen and oxygen atoms in total. The molecule has 1 aliphatic heterocycles. The Bertz CT molecular complexity index is 1160. The summed E-state index contributed by atoms with van der Waals surface area (Å²) in [5, 5.41) is 19.4. The fraction of sp³-hybridized carbons (Fsp3) is 0.250. The zero-order valence-corrected chi connectivity index (χ0v) is 19.4. The maximum atomic E-state index is 12.9. The number of phenols is 1. The van der Waals surface area contributed by atoms with E-state index in [4.69, 9.17) is 11.6 Å². The second kappa shape index (κ2) is 10.5. The van der Waals surface area contributed by atoms with Crippen molar-refractivity contribution in [3.63, 3.8) is 0 Å². The molecule has 1 aliphatic rings. The van der Waals surface area contributed by atoms with Gasteiger partial charge in [-0.2, -0.15) is 0 Å². The normalized spacial score (nSPS) is 13.5. The van der Waals surface area contributed by atoms with Crippen LogP contribution in [0.3, 0.4) is 0 Å². The number of benzene rings is 2. The number of hydrogen-bond donors (Lipinski definition) is 3. The minimum atomic E-state index is -0.486. The molecule has 4 rings (SSSR count). The fourth-order valence-electron chi connectivity index (χ4n) is 3.73. The van der Waals surface area contributed by atoms with Crippen molar-refractivity contribution in [1.29, 1.82) is 0 Å². The number of aromatic hydroxyl groups is 1. The predicted molar refractivity (Wildman–Crippen MR) is 130 cm³/mol. The van der Waals surface area contributed by atoms with Crippen LogP contribution in [0.2, 0.25) is 5.02 Å². The van der Waals surface area contributed by atoms with Crippen molar-refractivity contribution < 1.29 is 14.7 Å². The van der Waals surface area contributed by atoms with Crippen LogP contribution in [0.5, 0.6) is 5.75 Å². The Hall–Kier alpha value is -3.69. The molecule has 0 radical (unpaired) electrons. The molecule has 0 aliphatic carbocycles. The first-order chi connectivity index (χ1) is 16.4. The number of halogens is 1. The van der Waals surface area contributed by atoms with Gasteiger partial charge in [-0.05, 0) is 62.2 Å². The molecule has 2 aromatic carbocycles. The maximum absolute atomic E-state index is 12.9. The monoisotopic (exact) mass is 480 g/mol. The van der Waals surface area contributed by atoms with Crippen LogP contribution in [0.25, 0.3) is 0 Å². The summed E-state index contributed by atoms with van der Waals surface area (Å²) in [6, 6.07) is 11.3. The van der Waals surface area contributed by atoms with Crippen LogP contribution in [0, 0.1) is 0 Å². The summed E-state index contributed by atoms with van der Waals surface area (Å²) in [5.74, 6) is -0.226. The van der Waals surface area contributed by atoms with Crippen molar-refractivity contribution in [3.8, 4) is 5.75 Å². The first kappa shape index (κ1) is 23.5. The predicted octanol–water partition coefficient (Wildman–Crippen LogP) is 4.30. The summed E-state index contributed by atoms with van der Waals surface area (Å²) >= 11 is 6.02. The number of hydrogen-bond acceptors (Lipinski definition) is 7. The Morgan fingerprint density at radius 3 is 2.38 bits per heavy atom. The number of amides is 2. The Kier molecular flexibility index (Phi) is 7.24. The van der Waals surface area contributed by atoms with Crippen molar-refractivity contribution in [2.75, 3.05) is 30.3 Å². The zero-order valence-electron chi connectivity index (χ0n) is 18.7. The molecule has 0 saturated carbocycles. The molecule has 34 heavy (non-hydrogen) atoms. The van der Waals surface area contributed by atoms with Crippen molar-refractivity contribution in [1.82, 2.24) is 20.0 Å². The van der Waals surface area contributed by atoms with E-state index in [1.54, 1.807) is 29.3 Å². The van der Waals surface area contributed by atoms with Gasteiger partial charge in [0.05, 0.1) is 28.7 Å². The standard InChI is InChI=1S/C24H25ClN6O3/c1-2-31(30-11-3-4-12-30)23(34)16-5-7-17(8-6-16)29-24-26-14-18(15-27-24)28-22(33)20-13-19(32)9-10-21(20)25/h5-10,13-15,32H,2-4,11-12H2,1H3,(H,28,33)(H,26,27,29). The average Bonchev–Trinajstić information content (AvgIpc) is 3.37. The minimum Gasteiger partial charge on any atom is -0.508 e. The lowest BCUT2D eigenvalue weighted by Crippen LogP contribution is -2.44. The van der Waals surface area contributed by atoms with E-state index in [2.05, 4.69) is 25.6 Å². The van der Waals surface area contributed by atoms with Gasteiger partial charge in [-0.25, -0.2) is 15.0 Å². The molecule has 176 valence electrons. The van der Waals surface area contributed by atoms with E-state index in [9.17, 15) is 14.7 Å². The van der Waals surface area contributed by atoms with E-state index in [-0.39, 0.29) is 22.2 Å². The van der Waals surface area contributed by atoms with E-state index in [0.717, 1.165) is 31.6 Å². The summed E-state index contributed by atoms with van der Waals surface area (Å²) in [6.45, 7) is 4.43. The highest BCUT2D eigenvalue weighted by Gasteiger charge is 2.23. The van der Waals surface area contributed by atoms with Gasteiger partial charge in [0.15, 0.2) is 0 Å². The van der Waals surface area contributed by atoms with Crippen molar-refractivity contribution >= 4 is 40.7 Å². The van der Waals surface area contributed by atoms with Gasteiger partial charge >= 0.3 is 0 Å². The maximum Gasteiger partial charge on any atom is 0.268 e. The van der Waals surface area contributed by atoms with Gasteiger partial charge in [-0.15, -0.1) is 0 Å². The molecule has 3 aromatic rings. The summed E-state index contributed by atoms with van der Waals surface area (Å²) in [5.41, 5.74) is 1.86. The highest BCUT2D eigenvalue weighted by Crippen LogP contribution is 2.23. The van der Waals surface area contributed by atoms with E-state index in [1.165, 1.54) is 30.6 Å². The number of hydrazine groups is 1. The van der Waals surface area contributed by atoms with Gasteiger partial charge in [0.1, 0.15) is 5.75 Å². The van der Waals surface area contributed by atoms with Crippen LogP contribution in [0.4, 0.5) is 17.3 Å². The van der Waals surface area contributed by atoms with Crippen LogP contribution in [-0.4, -0.2) is 56.5 Å². The van der Waals surface area contributed by atoms with E-state index < -0.39 is 5.91 Å². The number of carbonyl (C=O) groups excluding carboxylic acids is 2. The van der Waals surface area contributed by atoms with Crippen molar-refractivity contribution in [2.24, 2.45) is 0 Å². The lowest BCUT2D eigenvalue weighted by molar-refractivity contribution is 0.00736. The largest absolute Gasteiger partial charge is 0.508 e. The smallest absolute Gasteiger partial charge is 0.268 e. The summed E-state index contributed by atoms with van der Waals surface area (Å²) in [7, 11) is 0. The highest BCUT2D eigenvalue weighted by atomic mass is 35.5. The number of rotatable bonds is 7. The molecular weight excluding hydrogens is 456 g/mol. The molecule has 0 atom stereocenters. The lowest BCUT2D eigenvalue weighted by atomic mass is 10.2. The molecule has 2 heterocycles. The highest BCUT2D eigenvalue weighted by molar-refractivity contribution is 6.34. The second-order valence-corrected chi connectivity index (χ2v) is 8.20. The van der Waals surface area contributed by atoms with E-state index >= 15 is 0 Å². The minimum absolute atomic E-state index is 0.0147. The second-order valence-electron chi connectivity index (χ2n) is 7.80. The fourth-order valence-corrected chi connectivity index (χ4v) is 3.93.